The topological polar surface area (TPSA) is 75.6 Å². The monoisotopic (exact) mass is 223 g/mol. The molecule has 0 spiro atoms. The maximum absolute atomic E-state index is 11.3. The minimum Gasteiger partial charge on any atom is -0.478 e. The van der Waals surface area contributed by atoms with E-state index in [1.807, 2.05) is 6.92 Å². The molecule has 0 amide bonds. The standard InChI is InChI=1S/C11H13NO4/c1-2-12-7-10(13)16-9-6-4-3-5-8(9)11(14)15/h3-6,12H,2,7H2,1H3,(H,14,15). The highest BCUT2D eigenvalue weighted by Crippen LogP contribution is 2.17. The van der Waals surface area contributed by atoms with Gasteiger partial charge in [-0.25, -0.2) is 4.79 Å². The van der Waals surface area contributed by atoms with Crippen molar-refractivity contribution in [1.29, 1.82) is 0 Å². The third-order valence-corrected chi connectivity index (χ3v) is 1.86. The van der Waals surface area contributed by atoms with E-state index in [1.165, 1.54) is 12.1 Å². The summed E-state index contributed by atoms with van der Waals surface area (Å²) >= 11 is 0. The Kier molecular flexibility index (Phi) is 4.47. The first-order chi connectivity index (χ1) is 7.65. The molecule has 0 bridgehead atoms. The van der Waals surface area contributed by atoms with E-state index in [0.29, 0.717) is 6.54 Å². The first kappa shape index (κ1) is 12.2. The summed E-state index contributed by atoms with van der Waals surface area (Å²) in [6, 6.07) is 6.03. The highest BCUT2D eigenvalue weighted by Gasteiger charge is 2.13. The molecule has 0 unspecified atom stereocenters. The first-order valence-electron chi connectivity index (χ1n) is 4.89. The Labute approximate surface area is 93.0 Å². The minimum atomic E-state index is -1.12. The summed E-state index contributed by atoms with van der Waals surface area (Å²) in [4.78, 5) is 22.1. The number of carboxylic acid groups (broad SMARTS) is 1. The molecule has 5 heteroatoms. The van der Waals surface area contributed by atoms with Gasteiger partial charge < -0.3 is 15.2 Å². The van der Waals surface area contributed by atoms with Crippen LogP contribution in [0, 0.1) is 0 Å². The number of hydrogen-bond acceptors (Lipinski definition) is 4. The van der Waals surface area contributed by atoms with Crippen molar-refractivity contribution in [2.75, 3.05) is 13.1 Å². The zero-order valence-corrected chi connectivity index (χ0v) is 8.90. The van der Waals surface area contributed by atoms with Crippen LogP contribution in [0.5, 0.6) is 5.75 Å². The van der Waals surface area contributed by atoms with Gasteiger partial charge in [-0.15, -0.1) is 0 Å². The van der Waals surface area contributed by atoms with Crippen molar-refractivity contribution in [3.63, 3.8) is 0 Å². The number of aromatic carboxylic acids is 1. The first-order valence-corrected chi connectivity index (χ1v) is 4.89. The van der Waals surface area contributed by atoms with E-state index in [-0.39, 0.29) is 17.9 Å². The van der Waals surface area contributed by atoms with Gasteiger partial charge in [0.15, 0.2) is 0 Å². The van der Waals surface area contributed by atoms with Crippen LogP contribution in [0.3, 0.4) is 0 Å². The summed E-state index contributed by atoms with van der Waals surface area (Å²) in [6.07, 6.45) is 0. The maximum atomic E-state index is 11.3. The van der Waals surface area contributed by atoms with Crippen molar-refractivity contribution in [2.45, 2.75) is 6.92 Å². The van der Waals surface area contributed by atoms with Crippen molar-refractivity contribution in [2.24, 2.45) is 0 Å². The molecule has 0 aromatic heterocycles. The second kappa shape index (κ2) is 5.87. The van der Waals surface area contributed by atoms with Gasteiger partial charge in [0.05, 0.1) is 6.54 Å². The third kappa shape index (κ3) is 3.36. The number of carbonyl (C=O) groups is 2. The molecular formula is C11H13NO4. The molecule has 0 aliphatic rings. The molecule has 1 aromatic carbocycles. The highest BCUT2D eigenvalue weighted by atomic mass is 16.5. The predicted octanol–water partition coefficient (Wildman–Crippen LogP) is 0.900. The van der Waals surface area contributed by atoms with Gasteiger partial charge in [-0.1, -0.05) is 19.1 Å². The Morgan fingerprint density at radius 3 is 2.69 bits per heavy atom. The lowest BCUT2D eigenvalue weighted by molar-refractivity contribution is -0.133. The van der Waals surface area contributed by atoms with Crippen LogP contribution in [0.4, 0.5) is 0 Å². The highest BCUT2D eigenvalue weighted by molar-refractivity contribution is 5.92. The molecule has 0 aliphatic carbocycles. The number of esters is 1. The van der Waals surface area contributed by atoms with Crippen molar-refractivity contribution in [3.8, 4) is 5.75 Å². The molecule has 1 rings (SSSR count). The Bertz CT molecular complexity index is 389. The molecule has 86 valence electrons. The lowest BCUT2D eigenvalue weighted by atomic mass is 10.2. The predicted molar refractivity (Wildman–Crippen MR) is 57.6 cm³/mol. The van der Waals surface area contributed by atoms with Gasteiger partial charge in [0.25, 0.3) is 0 Å². The van der Waals surface area contributed by atoms with Crippen molar-refractivity contribution in [1.82, 2.24) is 5.32 Å². The second-order valence-electron chi connectivity index (χ2n) is 3.06. The SMILES string of the molecule is CCNCC(=O)Oc1ccccc1C(=O)O. The normalized spacial score (nSPS) is 9.81. The molecule has 2 N–H and O–H groups in total. The van der Waals surface area contributed by atoms with E-state index in [9.17, 15) is 9.59 Å². The smallest absolute Gasteiger partial charge is 0.339 e. The van der Waals surface area contributed by atoms with Crippen LogP contribution in [-0.4, -0.2) is 30.1 Å². The summed E-state index contributed by atoms with van der Waals surface area (Å²) in [6.45, 7) is 2.57. The number of carbonyl (C=O) groups excluding carboxylic acids is 1. The number of ether oxygens (including phenoxy) is 1. The van der Waals surface area contributed by atoms with Crippen molar-refractivity contribution >= 4 is 11.9 Å². The average molecular weight is 223 g/mol. The molecule has 0 atom stereocenters. The fourth-order valence-electron chi connectivity index (χ4n) is 1.12. The van der Waals surface area contributed by atoms with Gasteiger partial charge in [-0.05, 0) is 18.7 Å². The minimum absolute atomic E-state index is 0.0210. The number of benzene rings is 1. The molecule has 16 heavy (non-hydrogen) atoms. The van der Waals surface area contributed by atoms with Crippen molar-refractivity contribution < 1.29 is 19.4 Å². The zero-order valence-electron chi connectivity index (χ0n) is 8.90. The van der Waals surface area contributed by atoms with Gasteiger partial charge in [0, 0.05) is 0 Å². The zero-order chi connectivity index (χ0) is 12.0. The summed E-state index contributed by atoms with van der Waals surface area (Å²) in [7, 11) is 0. The molecule has 0 heterocycles. The van der Waals surface area contributed by atoms with E-state index in [0.717, 1.165) is 0 Å². The maximum Gasteiger partial charge on any atom is 0.339 e. The van der Waals surface area contributed by atoms with Crippen LogP contribution in [0.2, 0.25) is 0 Å². The Hall–Kier alpha value is -1.88. The number of para-hydroxylation sites is 1. The number of nitrogens with one attached hydrogen (secondary N) is 1. The largest absolute Gasteiger partial charge is 0.478 e. The van der Waals surface area contributed by atoms with Gasteiger partial charge >= 0.3 is 11.9 Å². The lowest BCUT2D eigenvalue weighted by Crippen LogP contribution is -2.26. The number of rotatable bonds is 5. The molecular weight excluding hydrogens is 210 g/mol. The van der Waals surface area contributed by atoms with Gasteiger partial charge in [-0.2, -0.15) is 0 Å². The van der Waals surface area contributed by atoms with Gasteiger partial charge in [0.1, 0.15) is 11.3 Å². The van der Waals surface area contributed by atoms with Crippen LogP contribution in [-0.2, 0) is 4.79 Å². The summed E-state index contributed by atoms with van der Waals surface area (Å²) in [5, 5.41) is 11.6. The Morgan fingerprint density at radius 2 is 2.06 bits per heavy atom. The molecule has 0 aliphatic heterocycles. The quantitative estimate of drug-likeness (QED) is 0.573. The van der Waals surface area contributed by atoms with E-state index in [2.05, 4.69) is 5.32 Å². The van der Waals surface area contributed by atoms with E-state index in [1.54, 1.807) is 12.1 Å². The fourth-order valence-corrected chi connectivity index (χ4v) is 1.12. The summed E-state index contributed by atoms with van der Waals surface area (Å²) in [5.41, 5.74) is -0.0210. The lowest BCUT2D eigenvalue weighted by Gasteiger charge is -2.06. The van der Waals surface area contributed by atoms with Crippen LogP contribution < -0.4 is 10.1 Å². The number of likely N-dealkylation sites (N-methyl/N-ethyl adjacent to an activating group) is 1. The Balaban J connectivity index is 2.73. The van der Waals surface area contributed by atoms with Crippen LogP contribution in [0.25, 0.3) is 0 Å². The summed E-state index contributed by atoms with van der Waals surface area (Å²) in [5.74, 6) is -1.56. The molecule has 0 saturated carbocycles. The second-order valence-corrected chi connectivity index (χ2v) is 3.06. The molecule has 0 radical (unpaired) electrons. The average Bonchev–Trinajstić information content (AvgIpc) is 2.27. The number of carboxylic acids is 1. The van der Waals surface area contributed by atoms with Gasteiger partial charge in [0.2, 0.25) is 0 Å². The summed E-state index contributed by atoms with van der Waals surface area (Å²) < 4.78 is 4.93. The fraction of sp³-hybridized carbons (Fsp3) is 0.273. The van der Waals surface area contributed by atoms with Crippen molar-refractivity contribution in [3.05, 3.63) is 29.8 Å². The third-order valence-electron chi connectivity index (χ3n) is 1.86. The van der Waals surface area contributed by atoms with Gasteiger partial charge in [-0.3, -0.25) is 4.79 Å². The molecule has 1 aromatic rings. The Morgan fingerprint density at radius 1 is 1.38 bits per heavy atom. The molecule has 5 nitrogen and oxygen atoms in total. The van der Waals surface area contributed by atoms with Crippen LogP contribution >= 0.6 is 0 Å². The van der Waals surface area contributed by atoms with E-state index >= 15 is 0 Å². The molecule has 0 saturated heterocycles. The van der Waals surface area contributed by atoms with Crippen LogP contribution in [0.1, 0.15) is 17.3 Å². The number of hydrogen-bond donors (Lipinski definition) is 2. The van der Waals surface area contributed by atoms with Crippen LogP contribution in [0.15, 0.2) is 24.3 Å². The van der Waals surface area contributed by atoms with E-state index < -0.39 is 11.9 Å². The molecule has 0 fully saturated rings. The van der Waals surface area contributed by atoms with E-state index in [4.69, 9.17) is 9.84 Å².